The number of fused-ring (bicyclic) bond motifs is 1. The average Bonchev–Trinajstić information content (AvgIpc) is 2.83. The minimum Gasteiger partial charge on any atom is -0.493 e. The number of carbonyl (C=O) groups is 2. The topological polar surface area (TPSA) is 99.6 Å². The quantitative estimate of drug-likeness (QED) is 0.610. The van der Waals surface area contributed by atoms with E-state index in [1.165, 1.54) is 33.1 Å². The third-order valence-electron chi connectivity index (χ3n) is 5.74. The van der Waals surface area contributed by atoms with Crippen molar-refractivity contribution in [2.75, 3.05) is 26.6 Å². The molecule has 0 radical (unpaired) electrons. The Labute approximate surface area is 191 Å². The van der Waals surface area contributed by atoms with Gasteiger partial charge >= 0.3 is 0 Å². The number of hydrogen-bond donors (Lipinski definition) is 1. The first-order valence-electron chi connectivity index (χ1n) is 10.5. The Kier molecular flexibility index (Phi) is 6.26. The number of benzene rings is 2. The maximum Gasteiger partial charge on any atom is 0.258 e. The predicted molar refractivity (Wildman–Crippen MR) is 123 cm³/mol. The smallest absolute Gasteiger partial charge is 0.258 e. The van der Waals surface area contributed by atoms with Gasteiger partial charge in [0.25, 0.3) is 5.91 Å². The molecule has 1 aliphatic carbocycles. The summed E-state index contributed by atoms with van der Waals surface area (Å²) in [4.78, 5) is 34.3. The van der Waals surface area contributed by atoms with Crippen LogP contribution in [0, 0.1) is 6.92 Å². The molecule has 1 atom stereocenters. The van der Waals surface area contributed by atoms with E-state index < -0.39 is 5.91 Å². The van der Waals surface area contributed by atoms with Crippen molar-refractivity contribution in [2.45, 2.75) is 25.7 Å². The minimum atomic E-state index is -0.438. The van der Waals surface area contributed by atoms with E-state index in [9.17, 15) is 9.59 Å². The van der Waals surface area contributed by atoms with E-state index in [-0.39, 0.29) is 17.6 Å². The van der Waals surface area contributed by atoms with E-state index in [2.05, 4.69) is 15.3 Å². The van der Waals surface area contributed by atoms with Gasteiger partial charge in [0.05, 0.1) is 32.6 Å². The number of hydrogen-bond acceptors (Lipinski definition) is 7. The number of aromatic nitrogens is 2. The molecule has 3 aromatic rings. The minimum absolute atomic E-state index is 0.00401. The van der Waals surface area contributed by atoms with Crippen LogP contribution in [0.15, 0.2) is 42.6 Å². The number of aryl methyl sites for hydroxylation is 1. The third kappa shape index (κ3) is 4.50. The highest BCUT2D eigenvalue weighted by molar-refractivity contribution is 6.04. The van der Waals surface area contributed by atoms with Crippen molar-refractivity contribution in [1.82, 2.24) is 9.97 Å². The molecule has 1 heterocycles. The van der Waals surface area contributed by atoms with Gasteiger partial charge in [0.15, 0.2) is 17.3 Å². The van der Waals surface area contributed by atoms with Crippen LogP contribution in [-0.2, 0) is 6.42 Å². The number of methoxy groups -OCH3 is 3. The molecule has 0 spiro atoms. The van der Waals surface area contributed by atoms with Crippen LogP contribution < -0.4 is 19.5 Å². The monoisotopic (exact) mass is 447 g/mol. The van der Waals surface area contributed by atoms with Crippen molar-refractivity contribution < 1.29 is 23.8 Å². The molecule has 0 saturated carbocycles. The Balaban J connectivity index is 1.58. The molecule has 2 aromatic carbocycles. The van der Waals surface area contributed by atoms with Crippen LogP contribution in [0.25, 0.3) is 0 Å². The number of Topliss-reactive ketones (excluding diaryl/α,β-unsaturated/α-hetero) is 1. The van der Waals surface area contributed by atoms with Crippen LogP contribution in [-0.4, -0.2) is 43.0 Å². The zero-order valence-electron chi connectivity index (χ0n) is 19.0. The summed E-state index contributed by atoms with van der Waals surface area (Å²) in [5.41, 5.74) is 3.69. The average molecular weight is 447 g/mol. The molecule has 4 rings (SSSR count). The highest BCUT2D eigenvalue weighted by Gasteiger charge is 2.28. The van der Waals surface area contributed by atoms with Gasteiger partial charge in [-0.1, -0.05) is 29.8 Å². The van der Waals surface area contributed by atoms with E-state index in [0.29, 0.717) is 46.9 Å². The molecule has 0 fully saturated rings. The van der Waals surface area contributed by atoms with Gasteiger partial charge in [0.1, 0.15) is 0 Å². The van der Waals surface area contributed by atoms with Gasteiger partial charge < -0.3 is 14.2 Å². The number of nitrogens with zero attached hydrogens (tertiary/aromatic N) is 2. The Hall–Kier alpha value is -3.94. The van der Waals surface area contributed by atoms with E-state index in [1.54, 1.807) is 12.1 Å². The first-order chi connectivity index (χ1) is 15.9. The van der Waals surface area contributed by atoms with Gasteiger partial charge in [0.2, 0.25) is 11.7 Å². The maximum absolute atomic E-state index is 12.9. The van der Waals surface area contributed by atoms with Crippen LogP contribution in [0.4, 0.5) is 5.95 Å². The molecule has 0 bridgehead atoms. The fourth-order valence-corrected chi connectivity index (χ4v) is 3.97. The van der Waals surface area contributed by atoms with Crippen molar-refractivity contribution in [1.29, 1.82) is 0 Å². The van der Waals surface area contributed by atoms with E-state index in [0.717, 1.165) is 5.56 Å². The molecule has 1 aliphatic rings. The molecule has 1 N–H and O–H groups in total. The normalized spacial score (nSPS) is 14.9. The first-order valence-corrected chi connectivity index (χ1v) is 10.5. The Morgan fingerprint density at radius 3 is 2.27 bits per heavy atom. The van der Waals surface area contributed by atoms with Crippen LogP contribution in [0.2, 0.25) is 0 Å². The van der Waals surface area contributed by atoms with Gasteiger partial charge in [-0.25, -0.2) is 9.97 Å². The standard InChI is InChI=1S/C25H25N3O5/c1-14-5-7-15(8-6-14)16-9-19-18(20(29)10-16)13-26-25(27-19)28-24(30)17-11-21(31-2)23(33-4)22(12-17)32-3/h5-8,11-13,16H,9-10H2,1-4H3,(H,26,27,28,30)/t16-/m1/s1. The fraction of sp³-hybridized carbons (Fsp3) is 0.280. The Morgan fingerprint density at radius 2 is 1.67 bits per heavy atom. The van der Waals surface area contributed by atoms with Crippen LogP contribution in [0.5, 0.6) is 17.2 Å². The van der Waals surface area contributed by atoms with Crippen molar-refractivity contribution in [2.24, 2.45) is 0 Å². The lowest BCUT2D eigenvalue weighted by molar-refractivity contribution is 0.0962. The second kappa shape index (κ2) is 9.28. The zero-order chi connectivity index (χ0) is 23.5. The van der Waals surface area contributed by atoms with Crippen LogP contribution in [0.1, 0.15) is 49.9 Å². The Bertz CT molecular complexity index is 1180. The number of amides is 1. The molecular weight excluding hydrogens is 422 g/mol. The van der Waals surface area contributed by atoms with Gasteiger partial charge in [-0.3, -0.25) is 14.9 Å². The lowest BCUT2D eigenvalue weighted by Crippen LogP contribution is -2.22. The summed E-state index contributed by atoms with van der Waals surface area (Å²) in [5, 5.41) is 2.70. The van der Waals surface area contributed by atoms with Crippen LogP contribution in [0.3, 0.4) is 0 Å². The molecule has 0 saturated heterocycles. The number of nitrogens with one attached hydrogen (secondary N) is 1. The van der Waals surface area contributed by atoms with Crippen molar-refractivity contribution in [3.63, 3.8) is 0 Å². The van der Waals surface area contributed by atoms with Crippen molar-refractivity contribution in [3.05, 3.63) is 70.5 Å². The number of ether oxygens (including phenoxy) is 3. The van der Waals surface area contributed by atoms with E-state index >= 15 is 0 Å². The van der Waals surface area contributed by atoms with Gasteiger partial charge in [-0.05, 0) is 37.0 Å². The van der Waals surface area contributed by atoms with E-state index in [4.69, 9.17) is 14.2 Å². The van der Waals surface area contributed by atoms with Crippen molar-refractivity contribution in [3.8, 4) is 17.2 Å². The molecule has 33 heavy (non-hydrogen) atoms. The summed E-state index contributed by atoms with van der Waals surface area (Å²) < 4.78 is 15.9. The summed E-state index contributed by atoms with van der Waals surface area (Å²) in [7, 11) is 4.45. The largest absolute Gasteiger partial charge is 0.493 e. The predicted octanol–water partition coefficient (Wildman–Crippen LogP) is 3.98. The molecule has 0 aliphatic heterocycles. The number of rotatable bonds is 6. The third-order valence-corrected chi connectivity index (χ3v) is 5.74. The zero-order valence-corrected chi connectivity index (χ0v) is 19.0. The summed E-state index contributed by atoms with van der Waals surface area (Å²) >= 11 is 0. The number of anilines is 1. The lowest BCUT2D eigenvalue weighted by Gasteiger charge is -2.23. The second-order valence-corrected chi connectivity index (χ2v) is 7.86. The fourth-order valence-electron chi connectivity index (χ4n) is 3.97. The maximum atomic E-state index is 12.9. The van der Waals surface area contributed by atoms with Gasteiger partial charge in [-0.15, -0.1) is 0 Å². The highest BCUT2D eigenvalue weighted by Crippen LogP contribution is 2.38. The molecule has 1 aromatic heterocycles. The van der Waals surface area contributed by atoms with Gasteiger partial charge in [-0.2, -0.15) is 0 Å². The summed E-state index contributed by atoms with van der Waals surface area (Å²) in [6.07, 6.45) is 2.50. The Morgan fingerprint density at radius 1 is 1.00 bits per heavy atom. The summed E-state index contributed by atoms with van der Waals surface area (Å²) in [5.74, 6) is 0.849. The molecular formula is C25H25N3O5. The highest BCUT2D eigenvalue weighted by atomic mass is 16.5. The molecule has 8 heteroatoms. The first kappa shape index (κ1) is 22.3. The SMILES string of the molecule is COc1cc(C(=O)Nc2ncc3c(n2)C[C@@H](c2ccc(C)cc2)CC3=O)cc(OC)c1OC. The van der Waals surface area contributed by atoms with Crippen LogP contribution >= 0.6 is 0 Å². The van der Waals surface area contributed by atoms with Gasteiger partial charge in [0, 0.05) is 18.2 Å². The molecule has 1 amide bonds. The lowest BCUT2D eigenvalue weighted by atomic mass is 9.82. The summed E-state index contributed by atoms with van der Waals surface area (Å²) in [6, 6.07) is 11.3. The number of ketones is 1. The number of carbonyl (C=O) groups excluding carboxylic acids is 2. The molecule has 0 unspecified atom stereocenters. The van der Waals surface area contributed by atoms with Crippen molar-refractivity contribution >= 4 is 17.6 Å². The second-order valence-electron chi connectivity index (χ2n) is 7.86. The molecule has 8 nitrogen and oxygen atoms in total. The molecule has 170 valence electrons. The summed E-state index contributed by atoms with van der Waals surface area (Å²) in [6.45, 7) is 2.03. The van der Waals surface area contributed by atoms with E-state index in [1.807, 2.05) is 31.2 Å².